The number of aromatic amines is 1. The van der Waals surface area contributed by atoms with Gasteiger partial charge in [0.2, 0.25) is 5.91 Å². The number of rotatable bonds is 18. The third kappa shape index (κ3) is 9.39. The van der Waals surface area contributed by atoms with Gasteiger partial charge in [0.15, 0.2) is 0 Å². The van der Waals surface area contributed by atoms with Crippen molar-refractivity contribution in [2.75, 3.05) is 26.7 Å². The Morgan fingerprint density at radius 3 is 2.41 bits per heavy atom. The van der Waals surface area contributed by atoms with Crippen molar-refractivity contribution < 1.29 is 14.3 Å². The lowest BCUT2D eigenvalue weighted by molar-refractivity contribution is -0.123. The first-order chi connectivity index (χ1) is 21.5. The zero-order chi connectivity index (χ0) is 31.1. The van der Waals surface area contributed by atoms with Gasteiger partial charge in [0.05, 0.1) is 13.7 Å². The molecule has 4 N–H and O–H groups in total. The van der Waals surface area contributed by atoms with E-state index < -0.39 is 6.04 Å². The smallest absolute Gasteiger partial charge is 0.251 e. The molecule has 44 heavy (non-hydrogen) atoms. The number of nitrogens with one attached hydrogen (secondary N) is 4. The first kappa shape index (κ1) is 32.7. The molecule has 0 spiro atoms. The summed E-state index contributed by atoms with van der Waals surface area (Å²) >= 11 is 0. The first-order valence-electron chi connectivity index (χ1n) is 15.7. The van der Waals surface area contributed by atoms with Gasteiger partial charge in [-0.05, 0) is 79.9 Å². The fourth-order valence-electron chi connectivity index (χ4n) is 5.48. The zero-order valence-corrected chi connectivity index (χ0v) is 26.2. The van der Waals surface area contributed by atoms with Gasteiger partial charge in [0, 0.05) is 36.6 Å². The Labute approximate surface area is 260 Å². The van der Waals surface area contributed by atoms with Gasteiger partial charge in [-0.1, -0.05) is 56.3 Å². The van der Waals surface area contributed by atoms with Crippen LogP contribution in [0.2, 0.25) is 0 Å². The summed E-state index contributed by atoms with van der Waals surface area (Å²) < 4.78 is 5.62. The normalized spacial score (nSPS) is 11.9. The minimum atomic E-state index is -0.664. The van der Waals surface area contributed by atoms with Crippen LogP contribution in [0, 0.1) is 0 Å². The number of fused-ring (bicyclic) bond motifs is 1. The number of methoxy groups -OCH3 is 1. The highest BCUT2D eigenvalue weighted by Crippen LogP contribution is 2.27. The fourth-order valence-corrected chi connectivity index (χ4v) is 5.48. The number of benzene rings is 3. The van der Waals surface area contributed by atoms with Crippen LogP contribution in [0.3, 0.4) is 0 Å². The highest BCUT2D eigenvalue weighted by atomic mass is 16.5. The second kappa shape index (κ2) is 17.2. The standard InChI is InChI=1S/C35H46N6O3/c1-4-20-41(21-5-2)22-8-11-31(35(43)39-24-30-29-10-7-6-9-27(29)16-17-32(30)44-3)40-34(42)28-14-12-26(13-15-28)23-36-25-33-37-18-19-38-33/h6-7,9-10,12-19,31,36H,4-5,8,11,20-25H2,1-3H3,(H,37,38)(H,39,43)(H,40,42)/t31-/m0/s1. The van der Waals surface area contributed by atoms with Crippen LogP contribution in [0.4, 0.5) is 0 Å². The van der Waals surface area contributed by atoms with Crippen molar-refractivity contribution in [3.05, 3.63) is 95.6 Å². The molecule has 3 aromatic carbocycles. The molecular weight excluding hydrogens is 552 g/mol. The maximum absolute atomic E-state index is 13.6. The lowest BCUT2D eigenvalue weighted by atomic mass is 10.0. The van der Waals surface area contributed by atoms with Crippen molar-refractivity contribution in [3.63, 3.8) is 0 Å². The molecule has 9 heteroatoms. The van der Waals surface area contributed by atoms with Gasteiger partial charge in [-0.2, -0.15) is 0 Å². The zero-order valence-electron chi connectivity index (χ0n) is 26.2. The van der Waals surface area contributed by atoms with E-state index in [9.17, 15) is 9.59 Å². The number of hydrogen-bond acceptors (Lipinski definition) is 6. The summed E-state index contributed by atoms with van der Waals surface area (Å²) in [6.45, 7) is 8.89. The number of ether oxygens (including phenoxy) is 1. The average Bonchev–Trinajstić information content (AvgIpc) is 3.57. The third-order valence-corrected chi connectivity index (χ3v) is 7.72. The van der Waals surface area contributed by atoms with Crippen molar-refractivity contribution in [3.8, 4) is 5.75 Å². The number of carbonyl (C=O) groups excluding carboxylic acids is 2. The molecule has 9 nitrogen and oxygen atoms in total. The fraction of sp³-hybridized carbons (Fsp3) is 0.400. The van der Waals surface area contributed by atoms with Crippen LogP contribution in [-0.4, -0.2) is 59.5 Å². The van der Waals surface area contributed by atoms with E-state index in [1.54, 1.807) is 31.6 Å². The maximum atomic E-state index is 13.6. The van der Waals surface area contributed by atoms with Gasteiger partial charge in [-0.15, -0.1) is 0 Å². The van der Waals surface area contributed by atoms with Crippen LogP contribution in [0.1, 0.15) is 66.8 Å². The number of hydrogen-bond donors (Lipinski definition) is 4. The topological polar surface area (TPSA) is 111 Å². The van der Waals surface area contributed by atoms with E-state index in [4.69, 9.17) is 4.74 Å². The largest absolute Gasteiger partial charge is 0.496 e. The lowest BCUT2D eigenvalue weighted by Gasteiger charge is -2.23. The van der Waals surface area contributed by atoms with Gasteiger partial charge >= 0.3 is 0 Å². The molecule has 0 radical (unpaired) electrons. The molecule has 0 saturated carbocycles. The number of imidazole rings is 1. The Kier molecular flexibility index (Phi) is 12.8. The van der Waals surface area contributed by atoms with Crippen molar-refractivity contribution in [2.45, 2.75) is 65.2 Å². The Morgan fingerprint density at radius 1 is 0.932 bits per heavy atom. The molecule has 1 heterocycles. The SMILES string of the molecule is CCCN(CCC)CCC[C@H](NC(=O)c1ccc(CNCc2ncc[nH]2)cc1)C(=O)NCc1c(OC)ccc2ccccc12. The van der Waals surface area contributed by atoms with Crippen molar-refractivity contribution >= 4 is 22.6 Å². The molecule has 0 bridgehead atoms. The van der Waals surface area contributed by atoms with E-state index in [1.807, 2.05) is 48.5 Å². The van der Waals surface area contributed by atoms with E-state index in [0.29, 0.717) is 31.6 Å². The molecular formula is C35H46N6O3. The van der Waals surface area contributed by atoms with Crippen LogP contribution >= 0.6 is 0 Å². The summed E-state index contributed by atoms with van der Waals surface area (Å²) in [5.74, 6) is 1.13. The second-order valence-electron chi connectivity index (χ2n) is 11.0. The monoisotopic (exact) mass is 598 g/mol. The van der Waals surface area contributed by atoms with Crippen molar-refractivity contribution in [2.24, 2.45) is 0 Å². The lowest BCUT2D eigenvalue weighted by Crippen LogP contribution is -2.47. The van der Waals surface area contributed by atoms with Gasteiger partial charge < -0.3 is 30.6 Å². The summed E-state index contributed by atoms with van der Waals surface area (Å²) in [5, 5.41) is 11.6. The van der Waals surface area contributed by atoms with Gasteiger partial charge in [0.25, 0.3) is 5.91 Å². The predicted octanol–water partition coefficient (Wildman–Crippen LogP) is 5.18. The molecule has 1 aromatic heterocycles. The molecule has 0 aliphatic carbocycles. The summed E-state index contributed by atoms with van der Waals surface area (Å²) in [5.41, 5.74) is 2.49. The summed E-state index contributed by atoms with van der Waals surface area (Å²) in [4.78, 5) is 36.7. The number of nitrogens with zero attached hydrogens (tertiary/aromatic N) is 2. The molecule has 0 saturated heterocycles. The van der Waals surface area contributed by atoms with Crippen LogP contribution in [-0.2, 0) is 24.4 Å². The molecule has 0 aliphatic heterocycles. The Hall–Kier alpha value is -4.21. The first-order valence-corrected chi connectivity index (χ1v) is 15.7. The van der Waals surface area contributed by atoms with Gasteiger partial charge in [0.1, 0.15) is 17.6 Å². The summed E-state index contributed by atoms with van der Waals surface area (Å²) in [6.07, 6.45) is 7.04. The number of aromatic nitrogens is 2. The molecule has 1 atom stereocenters. The van der Waals surface area contributed by atoms with E-state index in [2.05, 4.69) is 44.7 Å². The minimum Gasteiger partial charge on any atom is -0.496 e. The van der Waals surface area contributed by atoms with Crippen LogP contribution < -0.4 is 20.7 Å². The number of amides is 2. The highest BCUT2D eigenvalue weighted by molar-refractivity contribution is 5.97. The van der Waals surface area contributed by atoms with Crippen molar-refractivity contribution in [1.29, 1.82) is 0 Å². The molecule has 4 aromatic rings. The van der Waals surface area contributed by atoms with Crippen LogP contribution in [0.15, 0.2) is 73.1 Å². The Balaban J connectivity index is 1.41. The van der Waals surface area contributed by atoms with E-state index in [1.165, 1.54) is 0 Å². The van der Waals surface area contributed by atoms with Gasteiger partial charge in [-0.3, -0.25) is 9.59 Å². The molecule has 234 valence electrons. The number of H-pyrrole nitrogens is 1. The molecule has 0 fully saturated rings. The predicted molar refractivity (Wildman–Crippen MR) is 175 cm³/mol. The van der Waals surface area contributed by atoms with Crippen LogP contribution in [0.5, 0.6) is 5.75 Å². The highest BCUT2D eigenvalue weighted by Gasteiger charge is 2.22. The minimum absolute atomic E-state index is 0.204. The Bertz CT molecular complexity index is 1450. The van der Waals surface area contributed by atoms with Crippen LogP contribution in [0.25, 0.3) is 10.8 Å². The molecule has 2 amide bonds. The quantitative estimate of drug-likeness (QED) is 0.126. The molecule has 0 aliphatic rings. The second-order valence-corrected chi connectivity index (χ2v) is 11.0. The van der Waals surface area contributed by atoms with Gasteiger partial charge in [-0.25, -0.2) is 4.98 Å². The van der Waals surface area contributed by atoms with E-state index >= 15 is 0 Å². The average molecular weight is 599 g/mol. The number of carbonyl (C=O) groups is 2. The molecule has 4 rings (SSSR count). The summed E-state index contributed by atoms with van der Waals surface area (Å²) in [6, 6.07) is 18.8. The maximum Gasteiger partial charge on any atom is 0.251 e. The Morgan fingerprint density at radius 2 is 1.70 bits per heavy atom. The van der Waals surface area contributed by atoms with E-state index in [0.717, 1.165) is 72.4 Å². The third-order valence-electron chi connectivity index (χ3n) is 7.72. The van der Waals surface area contributed by atoms with Crippen molar-refractivity contribution in [1.82, 2.24) is 30.8 Å². The molecule has 0 unspecified atom stereocenters. The summed E-state index contributed by atoms with van der Waals surface area (Å²) in [7, 11) is 1.64. The van der Waals surface area contributed by atoms with E-state index in [-0.39, 0.29) is 11.8 Å².